The third kappa shape index (κ3) is 7.05. The van der Waals surface area contributed by atoms with Crippen molar-refractivity contribution in [3.8, 4) is 16.9 Å². The number of nitrogens with one attached hydrogen (secondary N) is 1. The van der Waals surface area contributed by atoms with E-state index in [4.69, 9.17) is 37.9 Å². The maximum atomic E-state index is 15.1. The molecule has 0 radical (unpaired) electrons. The fraction of sp³-hybridized carbons (Fsp3) is 0.364. The Bertz CT molecular complexity index is 2540. The fourth-order valence-corrected chi connectivity index (χ4v) is 9.16. The highest BCUT2D eigenvalue weighted by molar-refractivity contribution is 6.35. The highest BCUT2D eigenvalue weighted by Crippen LogP contribution is 2.45. The van der Waals surface area contributed by atoms with Gasteiger partial charge in [0.05, 0.1) is 29.3 Å². The molecular weight excluding hydrogens is 761 g/mol. The van der Waals surface area contributed by atoms with Crippen LogP contribution in [0.4, 0.5) is 5.82 Å². The quantitative estimate of drug-likeness (QED) is 0.133. The number of carboxylic acid groups (broad SMARTS) is 1. The Balaban J connectivity index is 1.24. The van der Waals surface area contributed by atoms with Crippen LogP contribution in [0.1, 0.15) is 74.1 Å². The van der Waals surface area contributed by atoms with Gasteiger partial charge in [-0.05, 0) is 107 Å². The number of aryl methyl sites for hydroxylation is 6. The molecule has 3 aromatic heterocycles. The van der Waals surface area contributed by atoms with Gasteiger partial charge in [-0.25, -0.2) is 14.8 Å². The predicted molar refractivity (Wildman–Crippen MR) is 227 cm³/mol. The zero-order valence-electron chi connectivity index (χ0n) is 33.2. The molecular formula is C44H47Cl2N7O4. The molecule has 1 fully saturated rings. The average Bonchev–Trinajstić information content (AvgIpc) is 3.69. The van der Waals surface area contributed by atoms with Gasteiger partial charge in [0.1, 0.15) is 23.1 Å². The standard InChI is InChI=1S/C44H47Cl2N7O4/c1-24-18-31(19-25(2)40(24)46)57-17-7-8-32-33-10-11-34(45)39(38-27(4)48-36(49-28(38)5)23-51-15-13-47-14-16-51)41(33)53-26(3)22-52(43(54)42(32)53)37-21-30-20-29(44(55)56)9-12-35(30)50(37)6/h9-12,18-21,26,47H,7-8,13-17,22-23H2,1-6H3,(H,55,56)/t26-/m1/s1. The highest BCUT2D eigenvalue weighted by atomic mass is 35.5. The Kier molecular flexibility index (Phi) is 10.5. The largest absolute Gasteiger partial charge is 0.494 e. The van der Waals surface area contributed by atoms with E-state index < -0.39 is 5.97 Å². The van der Waals surface area contributed by atoms with Crippen LogP contribution in [-0.4, -0.2) is 80.3 Å². The summed E-state index contributed by atoms with van der Waals surface area (Å²) in [6, 6.07) is 14.7. The number of ether oxygens (including phenoxy) is 1. The van der Waals surface area contributed by atoms with Crippen molar-refractivity contribution in [1.82, 2.24) is 29.3 Å². The molecule has 2 N–H and O–H groups in total. The molecule has 5 heterocycles. The van der Waals surface area contributed by atoms with Gasteiger partial charge in [0.2, 0.25) is 0 Å². The van der Waals surface area contributed by atoms with E-state index in [1.807, 2.05) is 74.5 Å². The Morgan fingerprint density at radius 3 is 2.35 bits per heavy atom. The van der Waals surface area contributed by atoms with E-state index in [0.717, 1.165) is 104 Å². The summed E-state index contributed by atoms with van der Waals surface area (Å²) in [5.41, 5.74) is 8.77. The van der Waals surface area contributed by atoms with Crippen molar-refractivity contribution in [3.63, 3.8) is 0 Å². The minimum absolute atomic E-state index is 0.133. The summed E-state index contributed by atoms with van der Waals surface area (Å²) < 4.78 is 10.4. The summed E-state index contributed by atoms with van der Waals surface area (Å²) in [6.07, 6.45) is 1.23. The molecule has 2 aliphatic heterocycles. The van der Waals surface area contributed by atoms with Crippen LogP contribution in [0.25, 0.3) is 32.9 Å². The zero-order valence-corrected chi connectivity index (χ0v) is 34.7. The van der Waals surface area contributed by atoms with Crippen LogP contribution in [0.2, 0.25) is 10.0 Å². The smallest absolute Gasteiger partial charge is 0.335 e. The summed E-state index contributed by atoms with van der Waals surface area (Å²) in [4.78, 5) is 41.2. The second-order valence-corrected chi connectivity index (χ2v) is 16.2. The van der Waals surface area contributed by atoms with Crippen molar-refractivity contribution < 1.29 is 19.4 Å². The Hall–Kier alpha value is -4.94. The molecule has 0 saturated carbocycles. The Morgan fingerprint density at radius 2 is 1.67 bits per heavy atom. The lowest BCUT2D eigenvalue weighted by Crippen LogP contribution is -2.43. The van der Waals surface area contributed by atoms with Crippen molar-refractivity contribution in [2.45, 2.75) is 60.0 Å². The first-order valence-electron chi connectivity index (χ1n) is 19.5. The first-order valence-corrected chi connectivity index (χ1v) is 20.2. The molecule has 6 aromatic rings. The summed E-state index contributed by atoms with van der Waals surface area (Å²) in [7, 11) is 1.91. The lowest BCUT2D eigenvalue weighted by Gasteiger charge is -2.34. The molecule has 57 heavy (non-hydrogen) atoms. The number of nitrogens with zero attached hydrogens (tertiary/aromatic N) is 6. The normalized spacial score (nSPS) is 16.2. The number of carbonyl (C=O) groups excluding carboxylic acids is 1. The minimum Gasteiger partial charge on any atom is -0.494 e. The first kappa shape index (κ1) is 38.9. The summed E-state index contributed by atoms with van der Waals surface area (Å²) in [5.74, 6) is 1.11. The molecule has 0 aliphatic carbocycles. The Morgan fingerprint density at radius 1 is 0.965 bits per heavy atom. The van der Waals surface area contributed by atoms with E-state index in [-0.39, 0.29) is 17.5 Å². The number of hydrogen-bond acceptors (Lipinski definition) is 7. The fourth-order valence-electron chi connectivity index (χ4n) is 8.81. The van der Waals surface area contributed by atoms with Gasteiger partial charge in [-0.15, -0.1) is 0 Å². The topological polar surface area (TPSA) is 118 Å². The van der Waals surface area contributed by atoms with Crippen LogP contribution >= 0.6 is 23.2 Å². The van der Waals surface area contributed by atoms with E-state index in [1.165, 1.54) is 0 Å². The highest BCUT2D eigenvalue weighted by Gasteiger charge is 2.37. The Labute approximate surface area is 342 Å². The van der Waals surface area contributed by atoms with Gasteiger partial charge in [-0.1, -0.05) is 29.3 Å². The second-order valence-electron chi connectivity index (χ2n) is 15.5. The van der Waals surface area contributed by atoms with Gasteiger partial charge in [0.15, 0.2) is 0 Å². The zero-order chi connectivity index (χ0) is 40.3. The molecule has 0 bridgehead atoms. The number of piperazine rings is 1. The number of benzene rings is 3. The average molecular weight is 809 g/mol. The molecule has 13 heteroatoms. The maximum absolute atomic E-state index is 15.1. The van der Waals surface area contributed by atoms with Crippen LogP contribution in [0, 0.1) is 27.7 Å². The number of hydrogen-bond donors (Lipinski definition) is 2. The predicted octanol–water partition coefficient (Wildman–Crippen LogP) is 8.47. The summed E-state index contributed by atoms with van der Waals surface area (Å²) in [6.45, 7) is 15.4. The van der Waals surface area contributed by atoms with Crippen molar-refractivity contribution in [2.75, 3.05) is 44.2 Å². The van der Waals surface area contributed by atoms with Crippen molar-refractivity contribution in [3.05, 3.63) is 104 Å². The van der Waals surface area contributed by atoms with Gasteiger partial charge in [0, 0.05) is 89.6 Å². The lowest BCUT2D eigenvalue weighted by atomic mass is 9.97. The third-order valence-corrected chi connectivity index (χ3v) is 12.4. The van der Waals surface area contributed by atoms with Crippen LogP contribution in [0.3, 0.4) is 0 Å². The molecule has 296 valence electrons. The van der Waals surface area contributed by atoms with E-state index in [9.17, 15) is 9.90 Å². The monoisotopic (exact) mass is 807 g/mol. The number of carboxylic acids is 1. The van der Waals surface area contributed by atoms with Gasteiger partial charge < -0.3 is 24.3 Å². The minimum atomic E-state index is -0.996. The van der Waals surface area contributed by atoms with Gasteiger partial charge >= 0.3 is 5.97 Å². The van der Waals surface area contributed by atoms with E-state index in [2.05, 4.69) is 21.7 Å². The van der Waals surface area contributed by atoms with Crippen molar-refractivity contribution in [2.24, 2.45) is 7.05 Å². The molecule has 0 unspecified atom stereocenters. The van der Waals surface area contributed by atoms with Gasteiger partial charge in [0.25, 0.3) is 5.91 Å². The van der Waals surface area contributed by atoms with Crippen molar-refractivity contribution in [1.29, 1.82) is 0 Å². The van der Waals surface area contributed by atoms with Crippen LogP contribution in [-0.2, 0) is 20.0 Å². The first-order chi connectivity index (χ1) is 27.3. The van der Waals surface area contributed by atoms with E-state index >= 15 is 4.79 Å². The molecule has 2 aliphatic rings. The SMILES string of the molecule is Cc1cc(OCCCc2c3n(c4c(-c5c(C)nc(CN6CCNCC6)nc5C)c(Cl)ccc24)[C@H](C)CN(c2cc4cc(C(=O)O)ccc4n2C)C3=O)cc(C)c1Cl. The van der Waals surface area contributed by atoms with Gasteiger partial charge in [-0.2, -0.15) is 0 Å². The third-order valence-electron chi connectivity index (χ3n) is 11.5. The number of amides is 1. The second kappa shape index (κ2) is 15.4. The number of anilines is 1. The summed E-state index contributed by atoms with van der Waals surface area (Å²) in [5, 5.41) is 16.1. The number of rotatable bonds is 10. The molecule has 0 spiro atoms. The number of halogens is 2. The molecule has 8 rings (SSSR count). The number of aromatic nitrogens is 4. The van der Waals surface area contributed by atoms with Crippen LogP contribution in [0.5, 0.6) is 5.75 Å². The van der Waals surface area contributed by atoms with E-state index in [1.54, 1.807) is 18.2 Å². The number of aromatic carboxylic acids is 1. The lowest BCUT2D eigenvalue weighted by molar-refractivity contribution is 0.0696. The molecule has 1 amide bonds. The molecule has 11 nitrogen and oxygen atoms in total. The summed E-state index contributed by atoms with van der Waals surface area (Å²) >= 11 is 13.6. The van der Waals surface area contributed by atoms with Crippen molar-refractivity contribution >= 4 is 62.7 Å². The molecule has 1 atom stereocenters. The van der Waals surface area contributed by atoms with Crippen LogP contribution in [0.15, 0.2) is 48.5 Å². The molecule has 3 aromatic carbocycles. The van der Waals surface area contributed by atoms with Gasteiger partial charge in [-0.3, -0.25) is 14.6 Å². The number of carbonyl (C=O) groups is 2. The number of fused-ring (bicyclic) bond motifs is 4. The van der Waals surface area contributed by atoms with Crippen LogP contribution < -0.4 is 15.0 Å². The molecule has 1 saturated heterocycles. The maximum Gasteiger partial charge on any atom is 0.335 e. The van der Waals surface area contributed by atoms with E-state index in [0.29, 0.717) is 49.1 Å².